The molecule has 2 fully saturated rings. The van der Waals surface area contributed by atoms with E-state index in [-0.39, 0.29) is 0 Å². The summed E-state index contributed by atoms with van der Waals surface area (Å²) in [5, 5.41) is 14.7. The van der Waals surface area contributed by atoms with Gasteiger partial charge in [-0.25, -0.2) is 0 Å². The normalized spacial score (nSPS) is 38.5. The number of rotatable bonds is 1. The van der Waals surface area contributed by atoms with Crippen LogP contribution in [0.4, 0.5) is 0 Å². The molecule has 0 aromatic rings. The number of nitrogens with one attached hydrogen (secondary N) is 1. The monoisotopic (exact) mass is 267 g/mol. The Morgan fingerprint density at radius 1 is 0.947 bits per heavy atom. The van der Waals surface area contributed by atoms with Crippen molar-refractivity contribution in [3.63, 3.8) is 0 Å². The molecule has 1 saturated carbocycles. The van der Waals surface area contributed by atoms with Gasteiger partial charge in [0.15, 0.2) is 0 Å². The number of aliphatic hydroxyl groups is 1. The maximum atomic E-state index is 11.1. The molecule has 19 heavy (non-hydrogen) atoms. The van der Waals surface area contributed by atoms with E-state index < -0.39 is 5.60 Å². The maximum absolute atomic E-state index is 11.1. The molecule has 2 nitrogen and oxygen atoms in total. The van der Waals surface area contributed by atoms with Crippen molar-refractivity contribution in [3.8, 4) is 0 Å². The second kappa shape index (κ2) is 6.13. The first-order valence-electron chi connectivity index (χ1n) is 8.38. The van der Waals surface area contributed by atoms with Crippen LogP contribution in [0.2, 0.25) is 0 Å². The summed E-state index contributed by atoms with van der Waals surface area (Å²) in [5.74, 6) is 0.771. The predicted molar refractivity (Wildman–Crippen MR) is 81.2 cm³/mol. The highest BCUT2D eigenvalue weighted by Gasteiger charge is 2.40. The highest BCUT2D eigenvalue weighted by Crippen LogP contribution is 2.41. The summed E-state index contributed by atoms with van der Waals surface area (Å²) in [6.45, 7) is 8.15. The highest BCUT2D eigenvalue weighted by molar-refractivity contribution is 4.95. The van der Waals surface area contributed by atoms with Crippen LogP contribution in [0.15, 0.2) is 0 Å². The van der Waals surface area contributed by atoms with E-state index in [1.807, 2.05) is 0 Å². The Morgan fingerprint density at radius 2 is 1.74 bits per heavy atom. The van der Waals surface area contributed by atoms with Gasteiger partial charge in [-0.2, -0.15) is 0 Å². The van der Waals surface area contributed by atoms with Crippen LogP contribution in [0.3, 0.4) is 0 Å². The molecule has 0 radical (unpaired) electrons. The van der Waals surface area contributed by atoms with Crippen LogP contribution < -0.4 is 5.32 Å². The van der Waals surface area contributed by atoms with Crippen molar-refractivity contribution in [1.29, 1.82) is 0 Å². The molecular weight excluding hydrogens is 234 g/mol. The summed E-state index contributed by atoms with van der Waals surface area (Å²) in [6, 6.07) is 0.341. The fourth-order valence-corrected chi connectivity index (χ4v) is 4.05. The Morgan fingerprint density at radius 3 is 2.47 bits per heavy atom. The molecule has 0 amide bonds. The summed E-state index contributed by atoms with van der Waals surface area (Å²) >= 11 is 0. The van der Waals surface area contributed by atoms with Gasteiger partial charge >= 0.3 is 0 Å². The van der Waals surface area contributed by atoms with Crippen molar-refractivity contribution < 1.29 is 5.11 Å². The maximum Gasteiger partial charge on any atom is 0.0800 e. The van der Waals surface area contributed by atoms with E-state index >= 15 is 0 Å². The van der Waals surface area contributed by atoms with E-state index in [1.165, 1.54) is 38.5 Å². The second-order valence-corrected chi connectivity index (χ2v) is 7.95. The third-order valence-corrected chi connectivity index (χ3v) is 5.52. The van der Waals surface area contributed by atoms with Gasteiger partial charge in [0.05, 0.1) is 5.60 Å². The van der Waals surface area contributed by atoms with Crippen LogP contribution in [0.25, 0.3) is 0 Å². The lowest BCUT2D eigenvalue weighted by atomic mass is 9.76. The summed E-state index contributed by atoms with van der Waals surface area (Å²) in [4.78, 5) is 0. The first-order valence-corrected chi connectivity index (χ1v) is 8.38. The second-order valence-electron chi connectivity index (χ2n) is 7.95. The largest absolute Gasteiger partial charge is 0.388 e. The Labute approximate surface area is 119 Å². The summed E-state index contributed by atoms with van der Waals surface area (Å²) in [5.41, 5.74) is -0.0491. The molecule has 0 spiro atoms. The van der Waals surface area contributed by atoms with E-state index in [9.17, 15) is 5.11 Å². The number of hydrogen-bond acceptors (Lipinski definition) is 2. The zero-order valence-electron chi connectivity index (χ0n) is 13.2. The molecule has 2 heteroatoms. The van der Waals surface area contributed by atoms with E-state index in [4.69, 9.17) is 0 Å². The third kappa shape index (κ3) is 3.95. The molecule has 3 atom stereocenters. The molecule has 2 rings (SSSR count). The zero-order chi connectivity index (χ0) is 13.9. The first kappa shape index (κ1) is 15.3. The van der Waals surface area contributed by atoms with Crippen LogP contribution >= 0.6 is 0 Å². The van der Waals surface area contributed by atoms with Gasteiger partial charge in [0.25, 0.3) is 0 Å². The predicted octanol–water partition coefficient (Wildman–Crippen LogP) is 3.88. The van der Waals surface area contributed by atoms with Gasteiger partial charge in [0, 0.05) is 6.04 Å². The fraction of sp³-hybridized carbons (Fsp3) is 1.00. The van der Waals surface area contributed by atoms with Gasteiger partial charge in [0.1, 0.15) is 0 Å². The van der Waals surface area contributed by atoms with Crippen molar-refractivity contribution in [2.75, 3.05) is 6.54 Å². The average Bonchev–Trinajstić information content (AvgIpc) is 2.69. The first-order chi connectivity index (χ1) is 8.92. The van der Waals surface area contributed by atoms with Gasteiger partial charge in [-0.3, -0.25) is 0 Å². The van der Waals surface area contributed by atoms with Gasteiger partial charge in [0.2, 0.25) is 0 Å². The zero-order valence-corrected chi connectivity index (χ0v) is 13.2. The van der Waals surface area contributed by atoms with E-state index in [1.54, 1.807) is 0 Å². The van der Waals surface area contributed by atoms with Crippen molar-refractivity contribution in [1.82, 2.24) is 5.32 Å². The molecule has 3 unspecified atom stereocenters. The van der Waals surface area contributed by atoms with E-state index in [0.29, 0.717) is 11.5 Å². The van der Waals surface area contributed by atoms with Crippen molar-refractivity contribution in [2.45, 2.75) is 90.2 Å². The third-order valence-electron chi connectivity index (χ3n) is 5.52. The molecule has 0 bridgehead atoms. The molecule has 2 aliphatic rings. The average molecular weight is 267 g/mol. The van der Waals surface area contributed by atoms with Gasteiger partial charge in [-0.1, -0.05) is 40.0 Å². The molecule has 112 valence electrons. The van der Waals surface area contributed by atoms with Crippen LogP contribution in [-0.2, 0) is 0 Å². The highest BCUT2D eigenvalue weighted by atomic mass is 16.3. The van der Waals surface area contributed by atoms with E-state index in [0.717, 1.165) is 31.7 Å². The Hall–Kier alpha value is -0.0800. The van der Waals surface area contributed by atoms with Crippen LogP contribution in [-0.4, -0.2) is 23.3 Å². The molecule has 2 N–H and O–H groups in total. The standard InChI is InChI=1S/C17H33NO/c1-16(2,3)14-8-7-11-17(19,12-10-14)15-9-5-4-6-13-18-15/h14-15,18-19H,4-13H2,1-3H3. The molecule has 1 saturated heterocycles. The van der Waals surface area contributed by atoms with Crippen molar-refractivity contribution in [2.24, 2.45) is 11.3 Å². The fourth-order valence-electron chi connectivity index (χ4n) is 4.05. The number of hydrogen-bond donors (Lipinski definition) is 2. The molecule has 0 aromatic heterocycles. The SMILES string of the molecule is CC(C)(C)C1CCCC(O)(C2CCCCCN2)CC1. The van der Waals surface area contributed by atoms with Crippen LogP contribution in [0.1, 0.15) is 78.6 Å². The Bertz CT molecular complexity index is 275. The Balaban J connectivity index is 1.99. The topological polar surface area (TPSA) is 32.3 Å². The van der Waals surface area contributed by atoms with Crippen molar-refractivity contribution in [3.05, 3.63) is 0 Å². The summed E-state index contributed by atoms with van der Waals surface area (Å²) in [6.07, 6.45) is 10.7. The minimum atomic E-state index is -0.440. The van der Waals surface area contributed by atoms with Crippen LogP contribution in [0.5, 0.6) is 0 Å². The lowest BCUT2D eigenvalue weighted by Gasteiger charge is -2.36. The van der Waals surface area contributed by atoms with Gasteiger partial charge in [-0.05, 0) is 56.4 Å². The summed E-state index contributed by atoms with van der Waals surface area (Å²) < 4.78 is 0. The van der Waals surface area contributed by atoms with E-state index in [2.05, 4.69) is 26.1 Å². The summed E-state index contributed by atoms with van der Waals surface area (Å²) in [7, 11) is 0. The smallest absolute Gasteiger partial charge is 0.0800 e. The minimum absolute atomic E-state index is 0.341. The van der Waals surface area contributed by atoms with Gasteiger partial charge < -0.3 is 10.4 Å². The van der Waals surface area contributed by atoms with Crippen LogP contribution in [0, 0.1) is 11.3 Å². The van der Waals surface area contributed by atoms with Gasteiger partial charge in [-0.15, -0.1) is 0 Å². The lowest BCUT2D eigenvalue weighted by Crippen LogP contribution is -2.50. The lowest BCUT2D eigenvalue weighted by molar-refractivity contribution is -0.0157. The molecule has 1 aliphatic heterocycles. The molecular formula is C17H33NO. The Kier molecular flexibility index (Phi) is 4.94. The van der Waals surface area contributed by atoms with Crippen molar-refractivity contribution >= 4 is 0 Å². The quantitative estimate of drug-likeness (QED) is 0.707. The molecule has 0 aromatic carbocycles. The molecule has 1 heterocycles. The minimum Gasteiger partial charge on any atom is -0.388 e. The molecule has 1 aliphatic carbocycles.